The molecule has 0 saturated heterocycles. The van der Waals surface area contributed by atoms with E-state index in [1.165, 1.54) is 25.3 Å². The summed E-state index contributed by atoms with van der Waals surface area (Å²) >= 11 is 0. The van der Waals surface area contributed by atoms with E-state index in [0.717, 1.165) is 18.4 Å². The van der Waals surface area contributed by atoms with Crippen molar-refractivity contribution in [3.8, 4) is 5.75 Å². The Morgan fingerprint density at radius 3 is 2.30 bits per heavy atom. The number of benzene rings is 2. The molecule has 1 unspecified atom stereocenters. The molecule has 0 spiro atoms. The summed E-state index contributed by atoms with van der Waals surface area (Å²) in [5.74, 6) is -1.17. The maximum atomic E-state index is 12.8. The third-order valence-electron chi connectivity index (χ3n) is 4.58. The summed E-state index contributed by atoms with van der Waals surface area (Å²) in [7, 11) is -2.62. The number of carbonyl (C=O) groups is 2. The number of methoxy groups -OCH3 is 1. The summed E-state index contributed by atoms with van der Waals surface area (Å²) in [4.78, 5) is 24.8. The SMILES string of the molecule is CCCC(NC(=O)COC(=O)c1ccc(OC)c(S(=O)(=O)NC(C)(C)C)c1)c1ccccc1. The zero-order valence-electron chi connectivity index (χ0n) is 19.7. The fourth-order valence-electron chi connectivity index (χ4n) is 3.22. The van der Waals surface area contributed by atoms with Gasteiger partial charge in [0.2, 0.25) is 10.0 Å². The number of esters is 1. The van der Waals surface area contributed by atoms with Gasteiger partial charge in [-0.2, -0.15) is 0 Å². The molecule has 2 rings (SSSR count). The number of rotatable bonds is 10. The highest BCUT2D eigenvalue weighted by molar-refractivity contribution is 7.89. The zero-order chi connectivity index (χ0) is 24.6. The standard InChI is InChI=1S/C24H32N2O6S/c1-6-10-19(17-11-8-7-9-12-17)25-22(27)16-32-23(28)18-13-14-20(31-5)21(15-18)33(29,30)26-24(2,3)4/h7-9,11-15,19,26H,6,10,16H2,1-5H3,(H,25,27). The molecule has 0 aliphatic carbocycles. The van der Waals surface area contributed by atoms with Crippen molar-refractivity contribution < 1.29 is 27.5 Å². The smallest absolute Gasteiger partial charge is 0.338 e. The molecule has 0 aliphatic rings. The molecule has 9 heteroatoms. The molecule has 0 radical (unpaired) electrons. The van der Waals surface area contributed by atoms with Gasteiger partial charge in [-0.15, -0.1) is 0 Å². The largest absolute Gasteiger partial charge is 0.495 e. The molecule has 0 aliphatic heterocycles. The van der Waals surface area contributed by atoms with Crippen molar-refractivity contribution >= 4 is 21.9 Å². The first kappa shape index (κ1) is 26.3. The molecular formula is C24H32N2O6S. The van der Waals surface area contributed by atoms with Gasteiger partial charge in [0.1, 0.15) is 10.6 Å². The third-order valence-corrected chi connectivity index (χ3v) is 6.36. The molecule has 2 aromatic rings. The van der Waals surface area contributed by atoms with Crippen LogP contribution in [0.3, 0.4) is 0 Å². The Hall–Kier alpha value is -2.91. The van der Waals surface area contributed by atoms with E-state index in [1.807, 2.05) is 37.3 Å². The van der Waals surface area contributed by atoms with E-state index < -0.39 is 34.0 Å². The van der Waals surface area contributed by atoms with Gasteiger partial charge in [-0.1, -0.05) is 43.7 Å². The minimum absolute atomic E-state index is 0.00829. The van der Waals surface area contributed by atoms with Crippen LogP contribution in [0, 0.1) is 0 Å². The van der Waals surface area contributed by atoms with Crippen LogP contribution in [0.25, 0.3) is 0 Å². The van der Waals surface area contributed by atoms with Gasteiger partial charge in [0.25, 0.3) is 5.91 Å². The van der Waals surface area contributed by atoms with Crippen molar-refractivity contribution in [1.82, 2.24) is 10.0 Å². The highest BCUT2D eigenvalue weighted by atomic mass is 32.2. The van der Waals surface area contributed by atoms with Gasteiger partial charge in [0.15, 0.2) is 6.61 Å². The van der Waals surface area contributed by atoms with Crippen LogP contribution >= 0.6 is 0 Å². The van der Waals surface area contributed by atoms with Gasteiger partial charge in [0.05, 0.1) is 18.7 Å². The number of sulfonamides is 1. The molecule has 33 heavy (non-hydrogen) atoms. The number of hydrogen-bond donors (Lipinski definition) is 2. The van der Waals surface area contributed by atoms with Gasteiger partial charge in [-0.25, -0.2) is 17.9 Å². The highest BCUT2D eigenvalue weighted by Gasteiger charge is 2.27. The Bertz CT molecular complexity index is 1060. The van der Waals surface area contributed by atoms with Gasteiger partial charge < -0.3 is 14.8 Å². The van der Waals surface area contributed by atoms with Gasteiger partial charge >= 0.3 is 5.97 Å². The quantitative estimate of drug-likeness (QED) is 0.507. The van der Waals surface area contributed by atoms with Crippen LogP contribution < -0.4 is 14.8 Å². The summed E-state index contributed by atoms with van der Waals surface area (Å²) < 4.78 is 38.4. The first-order valence-corrected chi connectivity index (χ1v) is 12.2. The molecule has 8 nitrogen and oxygen atoms in total. The Kier molecular flexibility index (Phi) is 9.01. The van der Waals surface area contributed by atoms with E-state index in [9.17, 15) is 18.0 Å². The molecule has 1 amide bonds. The van der Waals surface area contributed by atoms with Crippen molar-refractivity contribution in [1.29, 1.82) is 0 Å². The summed E-state index contributed by atoms with van der Waals surface area (Å²) in [6.45, 7) is 6.64. The lowest BCUT2D eigenvalue weighted by molar-refractivity contribution is -0.125. The average Bonchev–Trinajstić information content (AvgIpc) is 2.75. The molecule has 0 heterocycles. The van der Waals surface area contributed by atoms with Crippen LogP contribution in [0.2, 0.25) is 0 Å². The number of hydrogen-bond acceptors (Lipinski definition) is 6. The Morgan fingerprint density at radius 1 is 1.06 bits per heavy atom. The van der Waals surface area contributed by atoms with Crippen LogP contribution in [0.15, 0.2) is 53.4 Å². The van der Waals surface area contributed by atoms with E-state index in [2.05, 4.69) is 10.0 Å². The lowest BCUT2D eigenvalue weighted by atomic mass is 10.0. The zero-order valence-corrected chi connectivity index (χ0v) is 20.5. The fourth-order valence-corrected chi connectivity index (χ4v) is 4.83. The van der Waals surface area contributed by atoms with Crippen LogP contribution in [0.1, 0.15) is 62.5 Å². The number of nitrogens with one attached hydrogen (secondary N) is 2. The maximum Gasteiger partial charge on any atom is 0.338 e. The number of amides is 1. The monoisotopic (exact) mass is 476 g/mol. The Morgan fingerprint density at radius 2 is 1.73 bits per heavy atom. The molecule has 0 saturated carbocycles. The van der Waals surface area contributed by atoms with E-state index in [1.54, 1.807) is 20.8 Å². The van der Waals surface area contributed by atoms with Gasteiger partial charge in [-0.05, 0) is 51.0 Å². The van der Waals surface area contributed by atoms with Crippen molar-refractivity contribution in [2.45, 2.75) is 57.0 Å². The van der Waals surface area contributed by atoms with Crippen LogP contribution in [-0.2, 0) is 19.6 Å². The molecule has 2 N–H and O–H groups in total. The first-order chi connectivity index (χ1) is 15.5. The second kappa shape index (κ2) is 11.3. The average molecular weight is 477 g/mol. The fraction of sp³-hybridized carbons (Fsp3) is 0.417. The lowest BCUT2D eigenvalue weighted by Gasteiger charge is -2.21. The van der Waals surface area contributed by atoms with Gasteiger partial charge in [-0.3, -0.25) is 4.79 Å². The molecular weight excluding hydrogens is 444 g/mol. The molecule has 2 aromatic carbocycles. The van der Waals surface area contributed by atoms with Crippen LogP contribution in [0.4, 0.5) is 0 Å². The molecule has 0 aromatic heterocycles. The second-order valence-corrected chi connectivity index (χ2v) is 10.3. The van der Waals surface area contributed by atoms with E-state index in [0.29, 0.717) is 0 Å². The predicted octanol–water partition coefficient (Wildman–Crippen LogP) is 3.59. The minimum atomic E-state index is -3.96. The maximum absolute atomic E-state index is 12.8. The van der Waals surface area contributed by atoms with E-state index >= 15 is 0 Å². The number of carbonyl (C=O) groups excluding carboxylic acids is 2. The first-order valence-electron chi connectivity index (χ1n) is 10.7. The lowest BCUT2D eigenvalue weighted by Crippen LogP contribution is -2.40. The number of ether oxygens (including phenoxy) is 2. The predicted molar refractivity (Wildman–Crippen MR) is 126 cm³/mol. The third kappa shape index (κ3) is 7.87. The molecule has 0 bridgehead atoms. The molecule has 180 valence electrons. The minimum Gasteiger partial charge on any atom is -0.495 e. The summed E-state index contributed by atoms with van der Waals surface area (Å²) in [5, 5.41) is 2.88. The normalized spacial score (nSPS) is 12.6. The van der Waals surface area contributed by atoms with E-state index in [-0.39, 0.29) is 22.3 Å². The van der Waals surface area contributed by atoms with Crippen LogP contribution in [0.5, 0.6) is 5.75 Å². The van der Waals surface area contributed by atoms with Crippen molar-refractivity contribution in [2.75, 3.05) is 13.7 Å². The summed E-state index contributed by atoms with van der Waals surface area (Å²) in [5.41, 5.74) is 0.230. The summed E-state index contributed by atoms with van der Waals surface area (Å²) in [6.07, 6.45) is 1.61. The van der Waals surface area contributed by atoms with Gasteiger partial charge in [0, 0.05) is 5.54 Å². The van der Waals surface area contributed by atoms with Crippen molar-refractivity contribution in [3.05, 3.63) is 59.7 Å². The Labute approximate surface area is 195 Å². The summed E-state index contributed by atoms with van der Waals surface area (Å²) in [6, 6.07) is 13.3. The molecule has 0 fully saturated rings. The second-order valence-electron chi connectivity index (χ2n) is 8.62. The topological polar surface area (TPSA) is 111 Å². The molecule has 1 atom stereocenters. The highest BCUT2D eigenvalue weighted by Crippen LogP contribution is 2.26. The van der Waals surface area contributed by atoms with Crippen molar-refractivity contribution in [3.63, 3.8) is 0 Å². The van der Waals surface area contributed by atoms with Crippen LogP contribution in [-0.4, -0.2) is 39.5 Å². The Balaban J connectivity index is 2.11. The van der Waals surface area contributed by atoms with E-state index in [4.69, 9.17) is 9.47 Å². The van der Waals surface area contributed by atoms with Crippen molar-refractivity contribution in [2.24, 2.45) is 0 Å².